The Morgan fingerprint density at radius 1 is 1.00 bits per heavy atom. The van der Waals surface area contributed by atoms with Gasteiger partial charge in [-0.2, -0.15) is 10.2 Å². The summed E-state index contributed by atoms with van der Waals surface area (Å²) in [5, 5.41) is 63.1. The van der Waals surface area contributed by atoms with Gasteiger partial charge in [0.1, 0.15) is 30.5 Å². The van der Waals surface area contributed by atoms with E-state index in [0.717, 1.165) is 13.1 Å². The maximum Gasteiger partial charge on any atom is 0.303 e. The molecule has 3 aliphatic rings. The number of hydrazone groups is 2. The van der Waals surface area contributed by atoms with Crippen LogP contribution in [-0.2, 0) is 33.2 Å². The first-order valence-corrected chi connectivity index (χ1v) is 12.5. The molecular formula is C22H38N4O12. The number of ether oxygens (including phenoxy) is 6. The Balaban J connectivity index is 1.75. The normalized spacial score (nSPS) is 31.5. The van der Waals surface area contributed by atoms with Crippen molar-refractivity contribution in [2.24, 2.45) is 10.2 Å². The number of rotatable bonds is 12. The molecule has 3 heterocycles. The molecule has 0 aromatic heterocycles. The molecule has 3 aliphatic heterocycles. The van der Waals surface area contributed by atoms with Crippen LogP contribution in [0.3, 0.4) is 0 Å². The minimum Gasteiger partial charge on any atom is -0.457 e. The van der Waals surface area contributed by atoms with Crippen LogP contribution in [0.4, 0.5) is 0 Å². The molecule has 38 heavy (non-hydrogen) atoms. The van der Waals surface area contributed by atoms with Gasteiger partial charge in [-0.05, 0) is 0 Å². The van der Waals surface area contributed by atoms with Crippen molar-refractivity contribution in [3.63, 3.8) is 0 Å². The molecule has 3 rings (SSSR count). The van der Waals surface area contributed by atoms with Gasteiger partial charge in [-0.15, -0.1) is 0 Å². The highest BCUT2D eigenvalue weighted by Crippen LogP contribution is 2.26. The third-order valence-corrected chi connectivity index (χ3v) is 5.99. The molecule has 16 heteroatoms. The summed E-state index contributed by atoms with van der Waals surface area (Å²) >= 11 is 0. The van der Waals surface area contributed by atoms with Gasteiger partial charge >= 0.3 is 5.97 Å². The van der Waals surface area contributed by atoms with Gasteiger partial charge in [0.15, 0.2) is 18.7 Å². The number of esters is 1. The van der Waals surface area contributed by atoms with E-state index in [0.29, 0.717) is 52.6 Å². The zero-order chi connectivity index (χ0) is 27.5. The van der Waals surface area contributed by atoms with Crippen LogP contribution in [0.1, 0.15) is 6.92 Å². The lowest BCUT2D eigenvalue weighted by atomic mass is 9.99. The minimum absolute atomic E-state index is 0.462. The molecular weight excluding hydrogens is 512 g/mol. The molecule has 3 fully saturated rings. The number of morpholine rings is 2. The Hall–Kier alpha value is -1.99. The summed E-state index contributed by atoms with van der Waals surface area (Å²) in [4.78, 5) is 11.5. The van der Waals surface area contributed by atoms with Crippen LogP contribution in [0, 0.1) is 0 Å². The molecule has 0 saturated carbocycles. The van der Waals surface area contributed by atoms with E-state index < -0.39 is 68.4 Å². The zero-order valence-electron chi connectivity index (χ0n) is 21.2. The van der Waals surface area contributed by atoms with Crippen LogP contribution in [0.2, 0.25) is 0 Å². The van der Waals surface area contributed by atoms with Gasteiger partial charge in [0.2, 0.25) is 0 Å². The van der Waals surface area contributed by atoms with E-state index in [2.05, 4.69) is 10.2 Å². The molecule has 3 saturated heterocycles. The lowest BCUT2D eigenvalue weighted by Gasteiger charge is -2.42. The average molecular weight is 551 g/mol. The molecule has 0 aromatic carbocycles. The van der Waals surface area contributed by atoms with Gasteiger partial charge in [0.05, 0.1) is 78.2 Å². The van der Waals surface area contributed by atoms with Gasteiger partial charge in [-0.25, -0.2) is 0 Å². The molecule has 0 amide bonds. The standard InChI is InChI=1S/C22H38N4O12/c1-14(29)35-21-19(31)17(13-28)38-22(20(21)32)37-15(10-23-25-2-6-33-7-3-25)16(12-27)36-18(30)11-24-26-4-8-34-9-5-26/h10-11,15-22,27-28,30-32H,2-9,12-13H2,1H3/b23-10+,24-11-/t15-,16+,17-,18-,19+,20+,21-,22-/m0/s1. The van der Waals surface area contributed by atoms with Crippen LogP contribution in [0.15, 0.2) is 10.2 Å². The maximum absolute atomic E-state index is 11.5. The molecule has 0 unspecified atom stereocenters. The third kappa shape index (κ3) is 9.04. The second kappa shape index (κ2) is 15.6. The molecule has 5 N–H and O–H groups in total. The van der Waals surface area contributed by atoms with Crippen LogP contribution in [-0.4, -0.2) is 169 Å². The van der Waals surface area contributed by atoms with Crippen LogP contribution >= 0.6 is 0 Å². The van der Waals surface area contributed by atoms with E-state index in [1.165, 1.54) is 6.21 Å². The summed E-state index contributed by atoms with van der Waals surface area (Å²) in [5.74, 6) is -0.768. The average Bonchev–Trinajstić information content (AvgIpc) is 2.93. The third-order valence-electron chi connectivity index (χ3n) is 5.99. The van der Waals surface area contributed by atoms with Crippen LogP contribution in [0.5, 0.6) is 0 Å². The predicted octanol–water partition coefficient (Wildman–Crippen LogP) is -3.93. The van der Waals surface area contributed by atoms with E-state index in [1.54, 1.807) is 10.0 Å². The summed E-state index contributed by atoms with van der Waals surface area (Å²) in [6, 6.07) is 0. The Kier molecular flexibility index (Phi) is 12.5. The zero-order valence-corrected chi connectivity index (χ0v) is 21.2. The second-order valence-electron chi connectivity index (χ2n) is 8.79. The quantitative estimate of drug-likeness (QED) is 0.0895. The first-order valence-electron chi connectivity index (χ1n) is 12.5. The molecule has 0 spiro atoms. The number of hydrogen-bond acceptors (Lipinski definition) is 16. The highest BCUT2D eigenvalue weighted by Gasteiger charge is 2.48. The highest BCUT2D eigenvalue weighted by molar-refractivity contribution is 5.66. The maximum atomic E-state index is 11.5. The van der Waals surface area contributed by atoms with Crippen molar-refractivity contribution < 1.29 is 58.7 Å². The Bertz CT molecular complexity index is 765. The SMILES string of the molecule is CC(=O)O[C@@H]1[C@@H](O)[C@@H](O[C@@H](/C=N/N2CCOCC2)[C@@H](CO)O[C@H](O)/C=N\N2CCOCC2)O[C@@H](CO)[C@H]1O. The molecule has 0 aromatic rings. The highest BCUT2D eigenvalue weighted by atomic mass is 16.7. The first-order chi connectivity index (χ1) is 18.3. The second-order valence-corrected chi connectivity index (χ2v) is 8.79. The number of aliphatic hydroxyl groups is 5. The van der Waals surface area contributed by atoms with Gasteiger partial charge in [-0.3, -0.25) is 14.8 Å². The van der Waals surface area contributed by atoms with Crippen molar-refractivity contribution in [3.05, 3.63) is 0 Å². The lowest BCUT2D eigenvalue weighted by molar-refractivity contribution is -0.315. The van der Waals surface area contributed by atoms with Crippen LogP contribution in [0.25, 0.3) is 0 Å². The molecule has 8 atom stereocenters. The molecule has 0 bridgehead atoms. The van der Waals surface area contributed by atoms with E-state index in [-0.39, 0.29) is 0 Å². The fraction of sp³-hybridized carbons (Fsp3) is 0.864. The minimum atomic E-state index is -1.66. The monoisotopic (exact) mass is 550 g/mol. The first kappa shape index (κ1) is 30.6. The smallest absolute Gasteiger partial charge is 0.303 e. The van der Waals surface area contributed by atoms with Gasteiger partial charge in [0.25, 0.3) is 0 Å². The number of carbonyl (C=O) groups is 1. The van der Waals surface area contributed by atoms with Crippen LogP contribution < -0.4 is 0 Å². The predicted molar refractivity (Wildman–Crippen MR) is 128 cm³/mol. The van der Waals surface area contributed by atoms with E-state index in [1.807, 2.05) is 0 Å². The summed E-state index contributed by atoms with van der Waals surface area (Å²) in [5.41, 5.74) is 0. The van der Waals surface area contributed by atoms with Crippen molar-refractivity contribution in [1.29, 1.82) is 0 Å². The summed E-state index contributed by atoms with van der Waals surface area (Å²) in [7, 11) is 0. The van der Waals surface area contributed by atoms with E-state index >= 15 is 0 Å². The largest absolute Gasteiger partial charge is 0.457 e. The van der Waals surface area contributed by atoms with Crippen molar-refractivity contribution in [1.82, 2.24) is 10.0 Å². The Labute approximate surface area is 219 Å². The fourth-order valence-corrected chi connectivity index (χ4v) is 3.96. The van der Waals surface area contributed by atoms with E-state index in [4.69, 9.17) is 28.4 Å². The van der Waals surface area contributed by atoms with Crippen molar-refractivity contribution in [2.45, 2.75) is 56.1 Å². The number of hydrogen-bond donors (Lipinski definition) is 5. The molecule has 16 nitrogen and oxygen atoms in total. The lowest BCUT2D eigenvalue weighted by Crippen LogP contribution is -2.61. The van der Waals surface area contributed by atoms with Crippen molar-refractivity contribution in [3.8, 4) is 0 Å². The van der Waals surface area contributed by atoms with Crippen molar-refractivity contribution in [2.75, 3.05) is 65.8 Å². The topological polar surface area (TPSA) is 205 Å². The number of aliphatic hydroxyl groups excluding tert-OH is 5. The molecule has 0 aliphatic carbocycles. The Morgan fingerprint density at radius 3 is 2.11 bits per heavy atom. The molecule has 218 valence electrons. The van der Waals surface area contributed by atoms with Crippen molar-refractivity contribution >= 4 is 18.4 Å². The molecule has 0 radical (unpaired) electrons. The number of nitrogens with zero attached hydrogens (tertiary/aromatic N) is 4. The summed E-state index contributed by atoms with van der Waals surface area (Å²) in [6.45, 7) is 3.83. The van der Waals surface area contributed by atoms with Gasteiger partial charge in [-0.1, -0.05) is 0 Å². The van der Waals surface area contributed by atoms with Gasteiger partial charge in [0, 0.05) is 6.92 Å². The van der Waals surface area contributed by atoms with Gasteiger partial charge < -0.3 is 54.0 Å². The fourth-order valence-electron chi connectivity index (χ4n) is 3.96. The summed E-state index contributed by atoms with van der Waals surface area (Å²) < 4.78 is 32.5. The Morgan fingerprint density at radius 2 is 1.58 bits per heavy atom. The summed E-state index contributed by atoms with van der Waals surface area (Å²) in [6.07, 6.45) is -8.91. The number of carbonyl (C=O) groups excluding carboxylic acids is 1. The van der Waals surface area contributed by atoms with E-state index in [9.17, 15) is 30.3 Å².